The normalized spacial score (nSPS) is 17.4. The highest BCUT2D eigenvalue weighted by molar-refractivity contribution is 5.50. The Morgan fingerprint density at radius 1 is 1.40 bits per heavy atom. The van der Waals surface area contributed by atoms with Crippen molar-refractivity contribution in [2.24, 2.45) is 0 Å². The van der Waals surface area contributed by atoms with Gasteiger partial charge in [0.2, 0.25) is 0 Å². The zero-order valence-electron chi connectivity index (χ0n) is 12.9. The second-order valence-electron chi connectivity index (χ2n) is 5.94. The van der Waals surface area contributed by atoms with E-state index >= 15 is 0 Å². The van der Waals surface area contributed by atoms with Crippen LogP contribution in [0.25, 0.3) is 0 Å². The maximum Gasteiger partial charge on any atom is 0.165 e. The molecule has 4 nitrogen and oxygen atoms in total. The van der Waals surface area contributed by atoms with E-state index in [1.54, 1.807) is 7.11 Å². The minimum atomic E-state index is -0.132. The number of ether oxygens (including phenoxy) is 3. The topological polar surface area (TPSA) is 39.7 Å². The van der Waals surface area contributed by atoms with Crippen LogP contribution in [0.2, 0.25) is 0 Å². The summed E-state index contributed by atoms with van der Waals surface area (Å²) in [4.78, 5) is 0. The molecule has 0 radical (unpaired) electrons. The van der Waals surface area contributed by atoms with E-state index in [1.807, 2.05) is 12.1 Å². The summed E-state index contributed by atoms with van der Waals surface area (Å²) in [5, 5.41) is 3.35. The van der Waals surface area contributed by atoms with Crippen LogP contribution in [-0.4, -0.2) is 38.5 Å². The Morgan fingerprint density at radius 2 is 2.20 bits per heavy atom. The number of rotatable bonds is 7. The first kappa shape index (κ1) is 15.1. The first-order valence-corrected chi connectivity index (χ1v) is 7.18. The standard InChI is InChI=1S/C16H25NO3/c1-12(11-18-4)17-8-9-19-14-7-5-6-13-10-16(2,3)20-15(13)14/h5-7,12,17H,8-11H2,1-4H3. The van der Waals surface area contributed by atoms with Gasteiger partial charge < -0.3 is 19.5 Å². The number of hydrogen-bond donors (Lipinski definition) is 1. The van der Waals surface area contributed by atoms with Gasteiger partial charge in [-0.1, -0.05) is 12.1 Å². The van der Waals surface area contributed by atoms with E-state index < -0.39 is 0 Å². The molecule has 0 aliphatic carbocycles. The average molecular weight is 279 g/mol. The molecule has 0 amide bonds. The van der Waals surface area contributed by atoms with Gasteiger partial charge in [0.1, 0.15) is 12.2 Å². The van der Waals surface area contributed by atoms with E-state index in [9.17, 15) is 0 Å². The molecule has 1 N–H and O–H groups in total. The first-order valence-electron chi connectivity index (χ1n) is 7.18. The Hall–Kier alpha value is -1.26. The van der Waals surface area contributed by atoms with Crippen LogP contribution in [0.15, 0.2) is 18.2 Å². The van der Waals surface area contributed by atoms with Crippen molar-refractivity contribution in [3.63, 3.8) is 0 Å². The number of hydrogen-bond acceptors (Lipinski definition) is 4. The summed E-state index contributed by atoms with van der Waals surface area (Å²) < 4.78 is 16.9. The predicted molar refractivity (Wildman–Crippen MR) is 79.7 cm³/mol. The maximum atomic E-state index is 5.98. The molecule has 0 saturated carbocycles. The molecule has 0 saturated heterocycles. The Morgan fingerprint density at radius 3 is 2.95 bits per heavy atom. The van der Waals surface area contributed by atoms with E-state index in [-0.39, 0.29) is 5.60 Å². The van der Waals surface area contributed by atoms with Crippen LogP contribution in [0.3, 0.4) is 0 Å². The van der Waals surface area contributed by atoms with E-state index in [0.717, 1.165) is 24.5 Å². The highest BCUT2D eigenvalue weighted by Gasteiger charge is 2.32. The summed E-state index contributed by atoms with van der Waals surface area (Å²) in [6.07, 6.45) is 0.933. The molecule has 4 heteroatoms. The highest BCUT2D eigenvalue weighted by atomic mass is 16.5. The van der Waals surface area contributed by atoms with Gasteiger partial charge >= 0.3 is 0 Å². The van der Waals surface area contributed by atoms with Gasteiger partial charge in [0, 0.05) is 31.7 Å². The largest absolute Gasteiger partial charge is 0.488 e. The number of para-hydroxylation sites is 1. The SMILES string of the molecule is COCC(C)NCCOc1cccc2c1OC(C)(C)C2. The number of benzene rings is 1. The molecule has 0 bridgehead atoms. The van der Waals surface area contributed by atoms with E-state index in [1.165, 1.54) is 5.56 Å². The molecule has 0 fully saturated rings. The molecule has 1 unspecified atom stereocenters. The van der Waals surface area contributed by atoms with Gasteiger partial charge in [0.05, 0.1) is 6.61 Å². The quantitative estimate of drug-likeness (QED) is 0.778. The number of methoxy groups -OCH3 is 1. The Balaban J connectivity index is 1.85. The highest BCUT2D eigenvalue weighted by Crippen LogP contribution is 2.41. The van der Waals surface area contributed by atoms with Crippen LogP contribution in [0.5, 0.6) is 11.5 Å². The van der Waals surface area contributed by atoms with Crippen molar-refractivity contribution in [1.82, 2.24) is 5.32 Å². The van der Waals surface area contributed by atoms with Crippen LogP contribution in [-0.2, 0) is 11.2 Å². The van der Waals surface area contributed by atoms with Crippen molar-refractivity contribution >= 4 is 0 Å². The third-order valence-electron chi connectivity index (χ3n) is 3.32. The molecule has 1 aromatic rings. The van der Waals surface area contributed by atoms with Crippen molar-refractivity contribution in [2.45, 2.75) is 38.8 Å². The molecular weight excluding hydrogens is 254 g/mol. The smallest absolute Gasteiger partial charge is 0.165 e. The minimum absolute atomic E-state index is 0.132. The minimum Gasteiger partial charge on any atom is -0.488 e. The monoisotopic (exact) mass is 279 g/mol. The van der Waals surface area contributed by atoms with Gasteiger partial charge in [-0.3, -0.25) is 0 Å². The zero-order chi connectivity index (χ0) is 14.6. The molecule has 1 atom stereocenters. The van der Waals surface area contributed by atoms with Gasteiger partial charge in [-0.25, -0.2) is 0 Å². The summed E-state index contributed by atoms with van der Waals surface area (Å²) in [7, 11) is 1.71. The third kappa shape index (κ3) is 3.87. The van der Waals surface area contributed by atoms with Crippen LogP contribution >= 0.6 is 0 Å². The van der Waals surface area contributed by atoms with E-state index in [2.05, 4.69) is 32.2 Å². The summed E-state index contributed by atoms with van der Waals surface area (Å²) in [6.45, 7) is 8.41. The van der Waals surface area contributed by atoms with E-state index in [0.29, 0.717) is 19.3 Å². The van der Waals surface area contributed by atoms with Crippen LogP contribution in [0, 0.1) is 0 Å². The van der Waals surface area contributed by atoms with Crippen molar-refractivity contribution in [1.29, 1.82) is 0 Å². The second-order valence-corrected chi connectivity index (χ2v) is 5.94. The molecule has 2 rings (SSSR count). The molecule has 0 aromatic heterocycles. The van der Waals surface area contributed by atoms with Crippen LogP contribution in [0.4, 0.5) is 0 Å². The summed E-state index contributed by atoms with van der Waals surface area (Å²) in [5.41, 5.74) is 1.10. The van der Waals surface area contributed by atoms with E-state index in [4.69, 9.17) is 14.2 Å². The van der Waals surface area contributed by atoms with Gasteiger partial charge in [-0.2, -0.15) is 0 Å². The Bertz CT molecular complexity index is 445. The fourth-order valence-electron chi connectivity index (χ4n) is 2.48. The molecule has 1 aromatic carbocycles. The predicted octanol–water partition coefficient (Wildman–Crippen LogP) is 2.40. The average Bonchev–Trinajstić information content (AvgIpc) is 2.69. The van der Waals surface area contributed by atoms with Gasteiger partial charge in [0.15, 0.2) is 11.5 Å². The van der Waals surface area contributed by atoms with Crippen molar-refractivity contribution in [2.75, 3.05) is 26.9 Å². The molecular formula is C16H25NO3. The molecule has 1 heterocycles. The Kier molecular flexibility index (Phi) is 4.89. The molecule has 112 valence electrons. The fraction of sp³-hybridized carbons (Fsp3) is 0.625. The fourth-order valence-corrected chi connectivity index (χ4v) is 2.48. The summed E-state index contributed by atoms with van der Waals surface area (Å²) in [6, 6.07) is 6.44. The lowest BCUT2D eigenvalue weighted by atomic mass is 10.0. The number of nitrogens with one attached hydrogen (secondary N) is 1. The lowest BCUT2D eigenvalue weighted by Crippen LogP contribution is -2.33. The maximum absolute atomic E-state index is 5.98. The lowest BCUT2D eigenvalue weighted by Gasteiger charge is -2.18. The van der Waals surface area contributed by atoms with Gasteiger partial charge in [-0.05, 0) is 26.8 Å². The van der Waals surface area contributed by atoms with Crippen molar-refractivity contribution in [3.8, 4) is 11.5 Å². The molecule has 20 heavy (non-hydrogen) atoms. The lowest BCUT2D eigenvalue weighted by molar-refractivity contribution is 0.131. The van der Waals surface area contributed by atoms with Crippen LogP contribution < -0.4 is 14.8 Å². The third-order valence-corrected chi connectivity index (χ3v) is 3.32. The van der Waals surface area contributed by atoms with Gasteiger partial charge in [-0.15, -0.1) is 0 Å². The molecule has 1 aliphatic heterocycles. The van der Waals surface area contributed by atoms with Crippen molar-refractivity contribution in [3.05, 3.63) is 23.8 Å². The second kappa shape index (κ2) is 6.46. The van der Waals surface area contributed by atoms with Crippen LogP contribution in [0.1, 0.15) is 26.3 Å². The summed E-state index contributed by atoms with van der Waals surface area (Å²) >= 11 is 0. The van der Waals surface area contributed by atoms with Gasteiger partial charge in [0.25, 0.3) is 0 Å². The Labute approximate surface area is 121 Å². The number of fused-ring (bicyclic) bond motifs is 1. The zero-order valence-corrected chi connectivity index (χ0v) is 12.9. The summed E-state index contributed by atoms with van der Waals surface area (Å²) in [5.74, 6) is 1.75. The first-order chi connectivity index (χ1) is 9.52. The molecule has 1 aliphatic rings. The van der Waals surface area contributed by atoms with Crippen molar-refractivity contribution < 1.29 is 14.2 Å². The molecule has 0 spiro atoms.